The van der Waals surface area contributed by atoms with Gasteiger partial charge < -0.3 is 10.5 Å². The van der Waals surface area contributed by atoms with Gasteiger partial charge in [0.05, 0.1) is 7.11 Å². The first kappa shape index (κ1) is 14.9. The van der Waals surface area contributed by atoms with Gasteiger partial charge in [0.1, 0.15) is 5.75 Å². The van der Waals surface area contributed by atoms with E-state index in [0.29, 0.717) is 12.1 Å². The predicted molar refractivity (Wildman–Crippen MR) is 86.6 cm³/mol. The van der Waals surface area contributed by atoms with Gasteiger partial charge in [-0.3, -0.25) is 4.90 Å². The topological polar surface area (TPSA) is 38.5 Å². The van der Waals surface area contributed by atoms with Gasteiger partial charge in [-0.1, -0.05) is 13.0 Å². The van der Waals surface area contributed by atoms with E-state index in [1.807, 2.05) is 0 Å². The molecule has 3 rings (SSSR count). The van der Waals surface area contributed by atoms with Crippen LogP contribution in [0.1, 0.15) is 49.8 Å². The number of fused-ring (bicyclic) bond motifs is 1. The number of likely N-dealkylation sites (N-methyl/N-ethyl adjacent to an activating group) is 1. The zero-order valence-electron chi connectivity index (χ0n) is 13.5. The van der Waals surface area contributed by atoms with Crippen molar-refractivity contribution in [2.24, 2.45) is 11.7 Å². The van der Waals surface area contributed by atoms with Crippen molar-refractivity contribution in [3.8, 4) is 5.75 Å². The van der Waals surface area contributed by atoms with Gasteiger partial charge in [-0.25, -0.2) is 0 Å². The molecule has 0 aromatic heterocycles. The summed E-state index contributed by atoms with van der Waals surface area (Å²) >= 11 is 0. The summed E-state index contributed by atoms with van der Waals surface area (Å²) in [5, 5.41) is 0. The van der Waals surface area contributed by atoms with Crippen molar-refractivity contribution < 1.29 is 4.74 Å². The summed E-state index contributed by atoms with van der Waals surface area (Å²) in [6.45, 7) is 2.37. The zero-order valence-corrected chi connectivity index (χ0v) is 13.5. The number of benzene rings is 1. The highest BCUT2D eigenvalue weighted by Crippen LogP contribution is 2.37. The fraction of sp³-hybridized carbons (Fsp3) is 0.667. The van der Waals surface area contributed by atoms with Crippen LogP contribution in [-0.4, -0.2) is 31.1 Å². The molecule has 0 spiro atoms. The van der Waals surface area contributed by atoms with E-state index in [-0.39, 0.29) is 6.04 Å². The normalized spacial score (nSPS) is 32.2. The molecule has 2 aliphatic carbocycles. The van der Waals surface area contributed by atoms with Gasteiger partial charge >= 0.3 is 0 Å². The van der Waals surface area contributed by atoms with E-state index in [1.165, 1.54) is 36.8 Å². The van der Waals surface area contributed by atoms with Crippen LogP contribution in [0, 0.1) is 5.92 Å². The molecule has 3 nitrogen and oxygen atoms in total. The highest BCUT2D eigenvalue weighted by atomic mass is 16.5. The van der Waals surface area contributed by atoms with E-state index in [1.54, 1.807) is 7.11 Å². The van der Waals surface area contributed by atoms with Crippen LogP contribution in [-0.2, 0) is 6.42 Å². The minimum atomic E-state index is 0.111. The van der Waals surface area contributed by atoms with Gasteiger partial charge in [0.15, 0.2) is 0 Å². The lowest BCUT2D eigenvalue weighted by Gasteiger charge is -2.38. The first-order valence-electron chi connectivity index (χ1n) is 8.24. The van der Waals surface area contributed by atoms with Gasteiger partial charge in [-0.15, -0.1) is 0 Å². The van der Waals surface area contributed by atoms with E-state index in [0.717, 1.165) is 18.1 Å². The molecule has 2 N–H and O–H groups in total. The predicted octanol–water partition coefficient (Wildman–Crippen LogP) is 3.13. The number of methoxy groups -OCH3 is 1. The fourth-order valence-corrected chi connectivity index (χ4v) is 4.07. The molecule has 1 saturated carbocycles. The highest BCUT2D eigenvalue weighted by molar-refractivity contribution is 5.42. The summed E-state index contributed by atoms with van der Waals surface area (Å²) in [6, 6.07) is 7.61. The SMILES string of the molecule is COc1ccc2c(c1)C(N)C(N(C)C1CCC(C)CC1)C2. The average molecular weight is 288 g/mol. The Labute approximate surface area is 128 Å². The largest absolute Gasteiger partial charge is 0.497 e. The van der Waals surface area contributed by atoms with Gasteiger partial charge in [0.25, 0.3) is 0 Å². The van der Waals surface area contributed by atoms with E-state index >= 15 is 0 Å². The third-order valence-electron chi connectivity index (χ3n) is 5.64. The summed E-state index contributed by atoms with van der Waals surface area (Å²) in [4.78, 5) is 2.56. The van der Waals surface area contributed by atoms with Crippen LogP contribution >= 0.6 is 0 Å². The second-order valence-corrected chi connectivity index (χ2v) is 6.94. The molecule has 1 aromatic carbocycles. The van der Waals surface area contributed by atoms with E-state index in [4.69, 9.17) is 10.5 Å². The molecule has 2 aliphatic rings. The molecule has 2 atom stereocenters. The number of hydrogen-bond donors (Lipinski definition) is 1. The molecule has 1 aromatic rings. The Morgan fingerprint density at radius 3 is 2.57 bits per heavy atom. The van der Waals surface area contributed by atoms with Crippen LogP contribution in [0.4, 0.5) is 0 Å². The summed E-state index contributed by atoms with van der Waals surface area (Å²) < 4.78 is 5.34. The third kappa shape index (κ3) is 2.82. The molecule has 0 aliphatic heterocycles. The summed E-state index contributed by atoms with van der Waals surface area (Å²) in [7, 11) is 3.99. The highest BCUT2D eigenvalue weighted by Gasteiger charge is 2.36. The monoisotopic (exact) mass is 288 g/mol. The van der Waals surface area contributed by atoms with Gasteiger partial charge in [0, 0.05) is 18.1 Å². The second kappa shape index (κ2) is 5.98. The maximum atomic E-state index is 6.55. The lowest BCUT2D eigenvalue weighted by atomic mass is 9.86. The van der Waals surface area contributed by atoms with Crippen molar-refractivity contribution in [3.05, 3.63) is 29.3 Å². The Hall–Kier alpha value is -1.06. The minimum Gasteiger partial charge on any atom is -0.497 e. The first-order chi connectivity index (χ1) is 10.1. The Balaban J connectivity index is 1.73. The molecule has 0 saturated heterocycles. The fourth-order valence-electron chi connectivity index (χ4n) is 4.07. The number of nitrogens with two attached hydrogens (primary N) is 1. The first-order valence-corrected chi connectivity index (χ1v) is 8.24. The van der Waals surface area contributed by atoms with Gasteiger partial charge in [-0.2, -0.15) is 0 Å². The van der Waals surface area contributed by atoms with Crippen molar-refractivity contribution in [2.45, 2.75) is 57.2 Å². The van der Waals surface area contributed by atoms with Crippen LogP contribution in [0.25, 0.3) is 0 Å². The maximum Gasteiger partial charge on any atom is 0.119 e. The Morgan fingerprint density at radius 1 is 1.19 bits per heavy atom. The Bertz CT molecular complexity index is 494. The van der Waals surface area contributed by atoms with E-state index in [2.05, 4.69) is 37.1 Å². The summed E-state index contributed by atoms with van der Waals surface area (Å²) in [5.74, 6) is 1.81. The lowest BCUT2D eigenvalue weighted by Crippen LogP contribution is -2.45. The molecule has 0 bridgehead atoms. The molecule has 0 radical (unpaired) electrons. The molecule has 21 heavy (non-hydrogen) atoms. The van der Waals surface area contributed by atoms with Crippen molar-refractivity contribution in [1.29, 1.82) is 0 Å². The minimum absolute atomic E-state index is 0.111. The smallest absolute Gasteiger partial charge is 0.119 e. The maximum absolute atomic E-state index is 6.55. The number of hydrogen-bond acceptors (Lipinski definition) is 3. The van der Waals surface area contributed by atoms with Crippen molar-refractivity contribution >= 4 is 0 Å². The number of nitrogens with zero attached hydrogens (tertiary/aromatic N) is 1. The van der Waals surface area contributed by atoms with E-state index < -0.39 is 0 Å². The number of ether oxygens (including phenoxy) is 1. The number of rotatable bonds is 3. The molecule has 116 valence electrons. The second-order valence-electron chi connectivity index (χ2n) is 6.94. The quantitative estimate of drug-likeness (QED) is 0.928. The molecular weight excluding hydrogens is 260 g/mol. The molecule has 0 heterocycles. The van der Waals surface area contributed by atoms with Crippen LogP contribution in [0.2, 0.25) is 0 Å². The average Bonchev–Trinajstić information content (AvgIpc) is 2.84. The molecule has 2 unspecified atom stereocenters. The Morgan fingerprint density at radius 2 is 1.90 bits per heavy atom. The summed E-state index contributed by atoms with van der Waals surface area (Å²) in [6.07, 6.45) is 6.43. The zero-order chi connectivity index (χ0) is 15.0. The van der Waals surface area contributed by atoms with Gasteiger partial charge in [0.2, 0.25) is 0 Å². The van der Waals surface area contributed by atoms with Crippen molar-refractivity contribution in [2.75, 3.05) is 14.2 Å². The van der Waals surface area contributed by atoms with Crippen LogP contribution in [0.3, 0.4) is 0 Å². The standard InChI is InChI=1S/C18H28N2O/c1-12-4-7-14(8-5-12)20(2)17-10-13-6-9-15(21-3)11-16(13)18(17)19/h6,9,11-12,14,17-18H,4-5,7-8,10,19H2,1-3H3. The van der Waals surface area contributed by atoms with Crippen LogP contribution in [0.5, 0.6) is 5.75 Å². The van der Waals surface area contributed by atoms with Gasteiger partial charge in [-0.05, 0) is 68.3 Å². The van der Waals surface area contributed by atoms with Crippen LogP contribution < -0.4 is 10.5 Å². The molecule has 3 heteroatoms. The van der Waals surface area contributed by atoms with E-state index in [9.17, 15) is 0 Å². The van der Waals surface area contributed by atoms with Crippen molar-refractivity contribution in [3.63, 3.8) is 0 Å². The summed E-state index contributed by atoms with van der Waals surface area (Å²) in [5.41, 5.74) is 9.22. The lowest BCUT2D eigenvalue weighted by molar-refractivity contribution is 0.114. The molecular formula is C18H28N2O. The third-order valence-corrected chi connectivity index (χ3v) is 5.64. The molecule has 1 fully saturated rings. The van der Waals surface area contributed by atoms with Crippen molar-refractivity contribution in [1.82, 2.24) is 4.90 Å². The Kier molecular flexibility index (Phi) is 4.23. The molecule has 0 amide bonds. The van der Waals surface area contributed by atoms with Crippen LogP contribution in [0.15, 0.2) is 18.2 Å².